The number of nitrogens with one attached hydrogen (secondary N) is 2. The van der Waals surface area contributed by atoms with E-state index in [-0.39, 0.29) is 17.9 Å². The zero-order valence-electron chi connectivity index (χ0n) is 12.0. The molecule has 4 nitrogen and oxygen atoms in total. The van der Waals surface area contributed by atoms with Crippen molar-refractivity contribution in [2.45, 2.75) is 32.3 Å². The smallest absolute Gasteiger partial charge is 0.220 e. The molecule has 1 rings (SSSR count). The molecule has 0 aliphatic rings. The van der Waals surface area contributed by atoms with Crippen molar-refractivity contribution in [3.8, 4) is 0 Å². The second-order valence-electron chi connectivity index (χ2n) is 5.06. The molecule has 20 heavy (non-hydrogen) atoms. The van der Waals surface area contributed by atoms with E-state index >= 15 is 0 Å². The predicted molar refractivity (Wildman–Crippen MR) is 84.7 cm³/mol. The molecule has 5 heteroatoms. The van der Waals surface area contributed by atoms with Crippen LogP contribution >= 0.6 is 15.9 Å². The van der Waals surface area contributed by atoms with Crippen LogP contribution in [0.1, 0.15) is 31.7 Å². The highest BCUT2D eigenvalue weighted by Crippen LogP contribution is 2.20. The Bertz CT molecular complexity index is 407. The second-order valence-corrected chi connectivity index (χ2v) is 5.98. The standard InChI is InChI=1S/C15H23BrN2O2/c1-11(13-3-5-14(16)6-4-13)9-15(20)18-8-7-17-10-12(2)19/h3-6,11-12,17,19H,7-10H2,1-2H3,(H,18,20). The van der Waals surface area contributed by atoms with Crippen LogP contribution in [0.25, 0.3) is 0 Å². The minimum absolute atomic E-state index is 0.0549. The molecule has 0 aliphatic carbocycles. The third-order valence-electron chi connectivity index (χ3n) is 2.99. The summed E-state index contributed by atoms with van der Waals surface area (Å²) in [5.74, 6) is 0.257. The number of amides is 1. The minimum atomic E-state index is -0.358. The number of aliphatic hydroxyl groups excluding tert-OH is 1. The molecule has 0 saturated heterocycles. The molecule has 1 aromatic rings. The van der Waals surface area contributed by atoms with Gasteiger partial charge >= 0.3 is 0 Å². The molecule has 1 aromatic carbocycles. The fourth-order valence-electron chi connectivity index (χ4n) is 1.86. The van der Waals surface area contributed by atoms with Crippen molar-refractivity contribution < 1.29 is 9.90 Å². The Labute approximate surface area is 129 Å². The number of rotatable bonds is 8. The van der Waals surface area contributed by atoms with Crippen molar-refractivity contribution in [1.29, 1.82) is 0 Å². The lowest BCUT2D eigenvalue weighted by Crippen LogP contribution is -2.34. The molecule has 0 spiro atoms. The summed E-state index contributed by atoms with van der Waals surface area (Å²) < 4.78 is 1.04. The molecule has 0 bridgehead atoms. The molecule has 0 heterocycles. The van der Waals surface area contributed by atoms with Crippen LogP contribution in [0, 0.1) is 0 Å². The summed E-state index contributed by atoms with van der Waals surface area (Å²) in [5, 5.41) is 15.0. The molecule has 2 unspecified atom stereocenters. The first-order chi connectivity index (χ1) is 9.49. The van der Waals surface area contributed by atoms with Gasteiger partial charge in [0.05, 0.1) is 6.10 Å². The Hall–Kier alpha value is -0.910. The molecule has 2 atom stereocenters. The minimum Gasteiger partial charge on any atom is -0.392 e. The van der Waals surface area contributed by atoms with Crippen molar-refractivity contribution in [2.24, 2.45) is 0 Å². The van der Waals surface area contributed by atoms with Gasteiger partial charge < -0.3 is 15.7 Å². The average molecular weight is 343 g/mol. The normalized spacial score (nSPS) is 13.8. The van der Waals surface area contributed by atoms with E-state index in [1.165, 1.54) is 0 Å². The van der Waals surface area contributed by atoms with Gasteiger partial charge in [0.25, 0.3) is 0 Å². The number of carbonyl (C=O) groups is 1. The van der Waals surface area contributed by atoms with Crippen LogP contribution in [0.2, 0.25) is 0 Å². The number of aliphatic hydroxyl groups is 1. The Morgan fingerprint density at radius 1 is 1.25 bits per heavy atom. The Morgan fingerprint density at radius 3 is 2.50 bits per heavy atom. The zero-order chi connectivity index (χ0) is 15.0. The first kappa shape index (κ1) is 17.1. The Balaban J connectivity index is 2.23. The Morgan fingerprint density at radius 2 is 1.90 bits per heavy atom. The highest BCUT2D eigenvalue weighted by molar-refractivity contribution is 9.10. The second kappa shape index (κ2) is 9.10. The average Bonchev–Trinajstić information content (AvgIpc) is 2.38. The lowest BCUT2D eigenvalue weighted by Gasteiger charge is -2.13. The van der Waals surface area contributed by atoms with Crippen LogP contribution < -0.4 is 10.6 Å². The van der Waals surface area contributed by atoms with Gasteiger partial charge in [0, 0.05) is 30.5 Å². The SMILES string of the molecule is CC(O)CNCCNC(=O)CC(C)c1ccc(Br)cc1. The fourth-order valence-corrected chi connectivity index (χ4v) is 2.13. The van der Waals surface area contributed by atoms with E-state index in [4.69, 9.17) is 5.11 Å². The first-order valence-electron chi connectivity index (χ1n) is 6.90. The summed E-state index contributed by atoms with van der Waals surface area (Å²) >= 11 is 3.40. The van der Waals surface area contributed by atoms with Gasteiger partial charge in [-0.1, -0.05) is 35.0 Å². The molecule has 0 radical (unpaired) electrons. The van der Waals surface area contributed by atoms with Gasteiger partial charge in [-0.05, 0) is 30.5 Å². The lowest BCUT2D eigenvalue weighted by atomic mass is 9.98. The van der Waals surface area contributed by atoms with Crippen LogP contribution in [0.5, 0.6) is 0 Å². The predicted octanol–water partition coefficient (Wildman–Crippen LogP) is 2.03. The molecular formula is C15H23BrN2O2. The van der Waals surface area contributed by atoms with Crippen molar-refractivity contribution in [2.75, 3.05) is 19.6 Å². The van der Waals surface area contributed by atoms with Gasteiger partial charge in [-0.2, -0.15) is 0 Å². The number of hydrogen-bond donors (Lipinski definition) is 3. The van der Waals surface area contributed by atoms with Crippen molar-refractivity contribution in [3.05, 3.63) is 34.3 Å². The van der Waals surface area contributed by atoms with E-state index in [9.17, 15) is 4.79 Å². The highest BCUT2D eigenvalue weighted by atomic mass is 79.9. The third kappa shape index (κ3) is 7.03. The number of hydrogen-bond acceptors (Lipinski definition) is 3. The zero-order valence-corrected chi connectivity index (χ0v) is 13.6. The lowest BCUT2D eigenvalue weighted by molar-refractivity contribution is -0.121. The van der Waals surface area contributed by atoms with Crippen LogP contribution in [0.15, 0.2) is 28.7 Å². The molecule has 3 N–H and O–H groups in total. The fraction of sp³-hybridized carbons (Fsp3) is 0.533. The van der Waals surface area contributed by atoms with Gasteiger partial charge in [0.15, 0.2) is 0 Å². The monoisotopic (exact) mass is 342 g/mol. The molecule has 0 fully saturated rings. The number of carbonyl (C=O) groups excluding carboxylic acids is 1. The Kier molecular flexibility index (Phi) is 7.80. The van der Waals surface area contributed by atoms with Gasteiger partial charge in [-0.25, -0.2) is 0 Å². The van der Waals surface area contributed by atoms with E-state index in [1.54, 1.807) is 6.92 Å². The maximum Gasteiger partial charge on any atom is 0.220 e. The van der Waals surface area contributed by atoms with Gasteiger partial charge in [0.2, 0.25) is 5.91 Å². The highest BCUT2D eigenvalue weighted by Gasteiger charge is 2.10. The summed E-state index contributed by atoms with van der Waals surface area (Å²) in [5.41, 5.74) is 1.16. The van der Waals surface area contributed by atoms with E-state index in [2.05, 4.69) is 33.5 Å². The van der Waals surface area contributed by atoms with Crippen LogP contribution in [0.4, 0.5) is 0 Å². The quantitative estimate of drug-likeness (QED) is 0.633. The summed E-state index contributed by atoms with van der Waals surface area (Å²) in [7, 11) is 0. The maximum atomic E-state index is 11.8. The molecule has 112 valence electrons. The van der Waals surface area contributed by atoms with Gasteiger partial charge in [0.1, 0.15) is 0 Å². The van der Waals surface area contributed by atoms with E-state index in [0.717, 1.165) is 10.0 Å². The van der Waals surface area contributed by atoms with Gasteiger partial charge in [-0.15, -0.1) is 0 Å². The van der Waals surface area contributed by atoms with Crippen molar-refractivity contribution >= 4 is 21.8 Å². The third-order valence-corrected chi connectivity index (χ3v) is 3.52. The van der Waals surface area contributed by atoms with Crippen LogP contribution in [0.3, 0.4) is 0 Å². The van der Waals surface area contributed by atoms with Crippen molar-refractivity contribution in [3.63, 3.8) is 0 Å². The van der Waals surface area contributed by atoms with Crippen LogP contribution in [-0.2, 0) is 4.79 Å². The molecule has 0 saturated carbocycles. The molecule has 0 aliphatic heterocycles. The summed E-state index contributed by atoms with van der Waals surface area (Å²) in [6, 6.07) is 8.05. The van der Waals surface area contributed by atoms with Crippen molar-refractivity contribution in [1.82, 2.24) is 10.6 Å². The van der Waals surface area contributed by atoms with E-state index in [1.807, 2.05) is 24.3 Å². The molecule has 1 amide bonds. The summed E-state index contributed by atoms with van der Waals surface area (Å²) in [4.78, 5) is 11.8. The maximum absolute atomic E-state index is 11.8. The van der Waals surface area contributed by atoms with E-state index < -0.39 is 0 Å². The summed E-state index contributed by atoms with van der Waals surface area (Å²) in [6.07, 6.45) is 0.126. The largest absolute Gasteiger partial charge is 0.392 e. The molecular weight excluding hydrogens is 320 g/mol. The number of benzene rings is 1. The van der Waals surface area contributed by atoms with Crippen LogP contribution in [-0.4, -0.2) is 36.8 Å². The van der Waals surface area contributed by atoms with E-state index in [0.29, 0.717) is 26.1 Å². The summed E-state index contributed by atoms with van der Waals surface area (Å²) in [6.45, 7) is 5.58. The topological polar surface area (TPSA) is 61.4 Å². The molecule has 0 aromatic heterocycles. The number of halogens is 1. The van der Waals surface area contributed by atoms with Gasteiger partial charge in [-0.3, -0.25) is 4.79 Å². The first-order valence-corrected chi connectivity index (χ1v) is 7.69.